The highest BCUT2D eigenvalue weighted by molar-refractivity contribution is 7.99. The van der Waals surface area contributed by atoms with Gasteiger partial charge in [-0.1, -0.05) is 37.6 Å². The maximum absolute atomic E-state index is 12.3. The fourth-order valence-electron chi connectivity index (χ4n) is 2.55. The molecule has 2 rings (SSSR count). The maximum atomic E-state index is 12.3. The van der Waals surface area contributed by atoms with Crippen molar-refractivity contribution in [2.45, 2.75) is 39.5 Å². The van der Waals surface area contributed by atoms with Crippen molar-refractivity contribution < 1.29 is 4.79 Å². The molecule has 2 nitrogen and oxygen atoms in total. The van der Waals surface area contributed by atoms with Crippen LogP contribution in [-0.4, -0.2) is 23.1 Å². The summed E-state index contributed by atoms with van der Waals surface area (Å²) < 4.78 is 0. The summed E-state index contributed by atoms with van der Waals surface area (Å²) in [7, 11) is 0. The van der Waals surface area contributed by atoms with Crippen molar-refractivity contribution in [3.05, 3.63) is 34.9 Å². The Hall–Kier alpha value is -0.960. The minimum Gasteiger partial charge on any atom is -0.326 e. The van der Waals surface area contributed by atoms with Gasteiger partial charge >= 0.3 is 0 Å². The summed E-state index contributed by atoms with van der Waals surface area (Å²) in [5, 5.41) is 0.215. The maximum Gasteiger partial charge on any atom is 0.224 e. The molecule has 1 aromatic rings. The highest BCUT2D eigenvalue weighted by atomic mass is 32.2. The quantitative estimate of drug-likeness (QED) is 0.834. The number of nitrogens with zero attached hydrogens (tertiary/aromatic N) is 1. The van der Waals surface area contributed by atoms with Crippen LogP contribution >= 0.6 is 11.8 Å². The van der Waals surface area contributed by atoms with E-state index in [1.54, 1.807) is 0 Å². The SMILES string of the molecule is Cc1ccc(C2SCCN2C(=O)CC(C)C)c(C)c1. The van der Waals surface area contributed by atoms with Crippen molar-refractivity contribution in [3.8, 4) is 0 Å². The third kappa shape index (κ3) is 3.33. The van der Waals surface area contributed by atoms with Gasteiger partial charge in [-0.2, -0.15) is 0 Å². The summed E-state index contributed by atoms with van der Waals surface area (Å²) in [5.74, 6) is 1.77. The van der Waals surface area contributed by atoms with Crippen LogP contribution in [0.25, 0.3) is 0 Å². The standard InChI is InChI=1S/C16H23NOS/c1-11(2)9-15(18)17-7-8-19-16(17)14-6-5-12(3)10-13(14)4/h5-6,10-11,16H,7-9H2,1-4H3. The molecular formula is C16H23NOS. The first-order valence-corrected chi connectivity index (χ1v) is 8.02. The van der Waals surface area contributed by atoms with Crippen LogP contribution < -0.4 is 0 Å². The number of carbonyl (C=O) groups excluding carboxylic acids is 1. The Balaban J connectivity index is 2.20. The second-order valence-electron chi connectivity index (χ2n) is 5.77. The first kappa shape index (κ1) is 14.4. The number of hydrogen-bond acceptors (Lipinski definition) is 2. The Morgan fingerprint density at radius 1 is 1.42 bits per heavy atom. The second kappa shape index (κ2) is 6.00. The van der Waals surface area contributed by atoms with Gasteiger partial charge < -0.3 is 4.90 Å². The first-order valence-electron chi connectivity index (χ1n) is 6.97. The smallest absolute Gasteiger partial charge is 0.224 e. The zero-order valence-corrected chi connectivity index (χ0v) is 13.1. The van der Waals surface area contributed by atoms with E-state index in [0.717, 1.165) is 12.3 Å². The summed E-state index contributed by atoms with van der Waals surface area (Å²) in [5.41, 5.74) is 3.87. The van der Waals surface area contributed by atoms with Gasteiger partial charge in [-0.05, 0) is 30.9 Å². The van der Waals surface area contributed by atoms with Gasteiger partial charge in [0.15, 0.2) is 0 Å². The molecule has 1 amide bonds. The van der Waals surface area contributed by atoms with Crippen LogP contribution in [0, 0.1) is 19.8 Å². The van der Waals surface area contributed by atoms with Crippen molar-refractivity contribution in [1.82, 2.24) is 4.90 Å². The van der Waals surface area contributed by atoms with Crippen molar-refractivity contribution in [1.29, 1.82) is 0 Å². The Morgan fingerprint density at radius 2 is 2.16 bits per heavy atom. The van der Waals surface area contributed by atoms with E-state index in [2.05, 4.69) is 50.8 Å². The summed E-state index contributed by atoms with van der Waals surface area (Å²) in [4.78, 5) is 14.4. The lowest BCUT2D eigenvalue weighted by Gasteiger charge is -2.26. The van der Waals surface area contributed by atoms with E-state index in [4.69, 9.17) is 0 Å². The largest absolute Gasteiger partial charge is 0.326 e. The first-order chi connectivity index (χ1) is 8.99. The lowest BCUT2D eigenvalue weighted by atomic mass is 10.0. The molecule has 104 valence electrons. The molecule has 1 fully saturated rings. The second-order valence-corrected chi connectivity index (χ2v) is 6.96. The van der Waals surface area contributed by atoms with Crippen molar-refractivity contribution in [2.24, 2.45) is 5.92 Å². The Bertz CT molecular complexity index is 470. The Labute approximate surface area is 120 Å². The summed E-state index contributed by atoms with van der Waals surface area (Å²) in [6.45, 7) is 9.35. The average molecular weight is 277 g/mol. The molecule has 1 unspecified atom stereocenters. The van der Waals surface area contributed by atoms with E-state index in [0.29, 0.717) is 18.2 Å². The molecule has 1 aliphatic rings. The third-order valence-corrected chi connectivity index (χ3v) is 4.73. The summed E-state index contributed by atoms with van der Waals surface area (Å²) in [6, 6.07) is 6.54. The fraction of sp³-hybridized carbons (Fsp3) is 0.562. The zero-order chi connectivity index (χ0) is 14.0. The van der Waals surface area contributed by atoms with Crippen LogP contribution in [0.1, 0.15) is 42.3 Å². The molecule has 1 atom stereocenters. The normalized spacial score (nSPS) is 19.2. The van der Waals surface area contributed by atoms with Gasteiger partial charge in [0.1, 0.15) is 5.37 Å². The summed E-state index contributed by atoms with van der Waals surface area (Å²) >= 11 is 1.88. The highest BCUT2D eigenvalue weighted by Gasteiger charge is 2.31. The Morgan fingerprint density at radius 3 is 2.79 bits per heavy atom. The lowest BCUT2D eigenvalue weighted by molar-refractivity contribution is -0.132. The van der Waals surface area contributed by atoms with E-state index >= 15 is 0 Å². The molecule has 1 heterocycles. The summed E-state index contributed by atoms with van der Waals surface area (Å²) in [6.07, 6.45) is 0.655. The van der Waals surface area contributed by atoms with Gasteiger partial charge in [0.25, 0.3) is 0 Å². The lowest BCUT2D eigenvalue weighted by Crippen LogP contribution is -2.31. The molecule has 0 N–H and O–H groups in total. The van der Waals surface area contributed by atoms with Gasteiger partial charge in [0.2, 0.25) is 5.91 Å². The van der Waals surface area contributed by atoms with Gasteiger partial charge in [0.05, 0.1) is 0 Å². The predicted octanol–water partition coefficient (Wildman–Crippen LogP) is 3.92. The molecule has 0 spiro atoms. The van der Waals surface area contributed by atoms with Crippen LogP contribution in [0.15, 0.2) is 18.2 Å². The number of benzene rings is 1. The zero-order valence-electron chi connectivity index (χ0n) is 12.3. The third-order valence-electron chi connectivity index (χ3n) is 3.49. The number of hydrogen-bond donors (Lipinski definition) is 0. The molecule has 0 radical (unpaired) electrons. The molecule has 0 aromatic heterocycles. The molecular weight excluding hydrogens is 254 g/mol. The monoisotopic (exact) mass is 277 g/mol. The molecule has 1 saturated heterocycles. The van der Waals surface area contributed by atoms with Crippen molar-refractivity contribution in [2.75, 3.05) is 12.3 Å². The van der Waals surface area contributed by atoms with Crippen LogP contribution in [0.2, 0.25) is 0 Å². The van der Waals surface area contributed by atoms with Crippen LogP contribution in [0.3, 0.4) is 0 Å². The van der Waals surface area contributed by atoms with E-state index in [1.807, 2.05) is 11.8 Å². The topological polar surface area (TPSA) is 20.3 Å². The van der Waals surface area contributed by atoms with Crippen molar-refractivity contribution in [3.63, 3.8) is 0 Å². The molecule has 3 heteroatoms. The number of rotatable bonds is 3. The van der Waals surface area contributed by atoms with Gasteiger partial charge in [-0.25, -0.2) is 0 Å². The number of carbonyl (C=O) groups is 1. The van der Waals surface area contributed by atoms with E-state index in [1.165, 1.54) is 16.7 Å². The predicted molar refractivity (Wildman–Crippen MR) is 82.3 cm³/mol. The Kier molecular flexibility index (Phi) is 4.56. The van der Waals surface area contributed by atoms with E-state index in [-0.39, 0.29) is 5.37 Å². The highest BCUT2D eigenvalue weighted by Crippen LogP contribution is 2.39. The molecule has 0 bridgehead atoms. The molecule has 1 aliphatic heterocycles. The average Bonchev–Trinajstić information content (AvgIpc) is 2.76. The van der Waals surface area contributed by atoms with Gasteiger partial charge in [0, 0.05) is 18.7 Å². The molecule has 1 aromatic carbocycles. The molecule has 0 aliphatic carbocycles. The minimum atomic E-state index is 0.215. The fourth-order valence-corrected chi connectivity index (χ4v) is 3.92. The van der Waals surface area contributed by atoms with Crippen LogP contribution in [-0.2, 0) is 4.79 Å². The van der Waals surface area contributed by atoms with Crippen LogP contribution in [0.5, 0.6) is 0 Å². The number of amides is 1. The van der Waals surface area contributed by atoms with Gasteiger partial charge in [-0.3, -0.25) is 4.79 Å². The van der Waals surface area contributed by atoms with Crippen molar-refractivity contribution >= 4 is 17.7 Å². The minimum absolute atomic E-state index is 0.215. The number of aryl methyl sites for hydroxylation is 2. The molecule has 0 saturated carbocycles. The van der Waals surface area contributed by atoms with E-state index < -0.39 is 0 Å². The molecule has 19 heavy (non-hydrogen) atoms. The van der Waals surface area contributed by atoms with Crippen LogP contribution in [0.4, 0.5) is 0 Å². The number of thioether (sulfide) groups is 1. The van der Waals surface area contributed by atoms with E-state index in [9.17, 15) is 4.79 Å². The van der Waals surface area contributed by atoms with Gasteiger partial charge in [-0.15, -0.1) is 11.8 Å².